The number of anilines is 1. The van der Waals surface area contributed by atoms with Crippen LogP contribution in [0.1, 0.15) is 17.5 Å². The van der Waals surface area contributed by atoms with Gasteiger partial charge in [0.15, 0.2) is 0 Å². The lowest BCUT2D eigenvalue weighted by molar-refractivity contribution is -0.135. The second-order valence-electron chi connectivity index (χ2n) is 2.97. The van der Waals surface area contributed by atoms with Crippen LogP contribution in [0.4, 0.5) is 5.82 Å². The molecule has 0 spiro atoms. The van der Waals surface area contributed by atoms with E-state index in [-0.39, 0.29) is 6.42 Å². The Kier molecular flexibility index (Phi) is 3.23. The van der Waals surface area contributed by atoms with Crippen molar-refractivity contribution in [3.8, 4) is 0 Å². The fourth-order valence-electron chi connectivity index (χ4n) is 1.05. The van der Waals surface area contributed by atoms with Gasteiger partial charge in [-0.05, 0) is 24.1 Å². The van der Waals surface area contributed by atoms with E-state index in [0.29, 0.717) is 5.82 Å². The minimum atomic E-state index is -0.845. The molecule has 0 aromatic carbocycles. The quantitative estimate of drug-likeness (QED) is 0.760. The fraction of sp³-hybridized carbons (Fsp3) is 0.200. The fourth-order valence-corrected chi connectivity index (χ4v) is 1.05. The maximum Gasteiger partial charge on any atom is 0.307 e. The van der Waals surface area contributed by atoms with Crippen LogP contribution in [0.15, 0.2) is 18.3 Å². The molecule has 1 aromatic heterocycles. The zero-order chi connectivity index (χ0) is 10.6. The number of hydrogen-bond acceptors (Lipinski definition) is 3. The number of aryl methyl sites for hydroxylation is 1. The third kappa shape index (κ3) is 2.90. The van der Waals surface area contributed by atoms with E-state index in [9.17, 15) is 4.79 Å². The number of carboxylic acids is 1. The first-order chi connectivity index (χ1) is 6.59. The molecular weight excluding hydrogens is 180 g/mol. The highest BCUT2D eigenvalue weighted by molar-refractivity contribution is 5.70. The average molecular weight is 192 g/mol. The van der Waals surface area contributed by atoms with Crippen molar-refractivity contribution in [3.05, 3.63) is 29.5 Å². The number of rotatable bonds is 3. The first-order valence-corrected chi connectivity index (χ1v) is 4.20. The predicted octanol–water partition coefficient (Wildman–Crippen LogP) is 1.46. The number of nitrogens with zero attached hydrogens (tertiary/aromatic N) is 1. The average Bonchev–Trinajstić information content (AvgIpc) is 2.08. The van der Waals surface area contributed by atoms with E-state index in [4.69, 9.17) is 10.8 Å². The van der Waals surface area contributed by atoms with Gasteiger partial charge in [-0.3, -0.25) is 4.79 Å². The van der Waals surface area contributed by atoms with Gasteiger partial charge in [-0.1, -0.05) is 12.2 Å². The number of carbonyl (C=O) groups is 1. The molecule has 74 valence electrons. The summed E-state index contributed by atoms with van der Waals surface area (Å²) in [5.74, 6) is -0.375. The molecule has 14 heavy (non-hydrogen) atoms. The maximum absolute atomic E-state index is 10.2. The summed E-state index contributed by atoms with van der Waals surface area (Å²) in [5.41, 5.74) is 7.35. The van der Waals surface area contributed by atoms with Gasteiger partial charge in [0.05, 0.1) is 6.42 Å². The Hall–Kier alpha value is -1.84. The first kappa shape index (κ1) is 10.2. The van der Waals surface area contributed by atoms with E-state index in [1.807, 2.05) is 6.92 Å². The second kappa shape index (κ2) is 4.41. The molecule has 1 heterocycles. The van der Waals surface area contributed by atoms with Crippen molar-refractivity contribution in [2.75, 3.05) is 5.73 Å². The summed E-state index contributed by atoms with van der Waals surface area (Å²) in [5, 5.41) is 8.42. The molecule has 1 rings (SSSR count). The normalized spacial score (nSPS) is 10.6. The Morgan fingerprint density at radius 3 is 3.00 bits per heavy atom. The van der Waals surface area contributed by atoms with Gasteiger partial charge >= 0.3 is 5.97 Å². The topological polar surface area (TPSA) is 76.2 Å². The smallest absolute Gasteiger partial charge is 0.307 e. The van der Waals surface area contributed by atoms with Gasteiger partial charge in [-0.25, -0.2) is 4.98 Å². The monoisotopic (exact) mass is 192 g/mol. The molecule has 3 N–H and O–H groups in total. The Morgan fingerprint density at radius 1 is 1.71 bits per heavy atom. The van der Waals surface area contributed by atoms with Crippen molar-refractivity contribution >= 4 is 17.9 Å². The van der Waals surface area contributed by atoms with Crippen molar-refractivity contribution < 1.29 is 9.90 Å². The van der Waals surface area contributed by atoms with Crippen LogP contribution in [-0.2, 0) is 4.79 Å². The lowest BCUT2D eigenvalue weighted by atomic mass is 10.1. The van der Waals surface area contributed by atoms with Crippen LogP contribution in [0.5, 0.6) is 0 Å². The molecule has 0 saturated heterocycles. The van der Waals surface area contributed by atoms with Crippen LogP contribution < -0.4 is 5.73 Å². The van der Waals surface area contributed by atoms with Crippen LogP contribution >= 0.6 is 0 Å². The number of pyridine rings is 1. The molecule has 1 aromatic rings. The van der Waals surface area contributed by atoms with E-state index < -0.39 is 5.97 Å². The number of carboxylic acid groups (broad SMARTS) is 1. The third-order valence-corrected chi connectivity index (χ3v) is 1.76. The molecular formula is C10H12N2O2. The molecule has 0 fully saturated rings. The number of nitrogen functional groups attached to an aromatic ring is 1. The standard InChI is InChI=1S/C10H12N2O2/c1-7-5-9(11)12-6-8(7)3-2-4-10(13)14/h2-3,5-6H,4H2,1H3,(H2,11,12)(H,13,14). The van der Waals surface area contributed by atoms with Crippen LogP contribution in [0.2, 0.25) is 0 Å². The van der Waals surface area contributed by atoms with Gasteiger partial charge in [-0.15, -0.1) is 0 Å². The van der Waals surface area contributed by atoms with Crippen molar-refractivity contribution in [1.82, 2.24) is 4.98 Å². The summed E-state index contributed by atoms with van der Waals surface area (Å²) in [6, 6.07) is 1.75. The molecule has 0 aliphatic carbocycles. The Labute approximate surface area is 82.1 Å². The molecule has 0 bridgehead atoms. The van der Waals surface area contributed by atoms with Gasteiger partial charge in [-0.2, -0.15) is 0 Å². The van der Waals surface area contributed by atoms with E-state index >= 15 is 0 Å². The lowest BCUT2D eigenvalue weighted by Crippen LogP contribution is -1.93. The van der Waals surface area contributed by atoms with Crippen molar-refractivity contribution in [1.29, 1.82) is 0 Å². The third-order valence-electron chi connectivity index (χ3n) is 1.76. The predicted molar refractivity (Wildman–Crippen MR) is 54.7 cm³/mol. The molecule has 0 radical (unpaired) electrons. The van der Waals surface area contributed by atoms with E-state index in [2.05, 4.69) is 4.98 Å². The molecule has 0 unspecified atom stereocenters. The molecule has 4 heteroatoms. The highest BCUT2D eigenvalue weighted by atomic mass is 16.4. The van der Waals surface area contributed by atoms with Gasteiger partial charge < -0.3 is 10.8 Å². The first-order valence-electron chi connectivity index (χ1n) is 4.20. The number of hydrogen-bond donors (Lipinski definition) is 2. The van der Waals surface area contributed by atoms with Gasteiger partial charge in [0.25, 0.3) is 0 Å². The highest BCUT2D eigenvalue weighted by Crippen LogP contribution is 2.11. The van der Waals surface area contributed by atoms with Crippen LogP contribution in [0.25, 0.3) is 6.08 Å². The summed E-state index contributed by atoms with van der Waals surface area (Å²) in [6.07, 6.45) is 4.96. The summed E-state index contributed by atoms with van der Waals surface area (Å²) in [4.78, 5) is 14.2. The van der Waals surface area contributed by atoms with Crippen molar-refractivity contribution in [2.45, 2.75) is 13.3 Å². The van der Waals surface area contributed by atoms with Crippen LogP contribution in [-0.4, -0.2) is 16.1 Å². The minimum absolute atomic E-state index is 0.0177. The van der Waals surface area contributed by atoms with Gasteiger partial charge in [0.2, 0.25) is 0 Å². The summed E-state index contributed by atoms with van der Waals surface area (Å²) >= 11 is 0. The van der Waals surface area contributed by atoms with Gasteiger partial charge in [0.1, 0.15) is 5.82 Å². The molecule has 0 saturated carbocycles. The maximum atomic E-state index is 10.2. The molecule has 0 amide bonds. The Morgan fingerprint density at radius 2 is 2.43 bits per heavy atom. The van der Waals surface area contributed by atoms with Gasteiger partial charge in [0, 0.05) is 6.20 Å². The molecule has 0 aliphatic heterocycles. The zero-order valence-corrected chi connectivity index (χ0v) is 7.90. The zero-order valence-electron chi connectivity index (χ0n) is 7.90. The highest BCUT2D eigenvalue weighted by Gasteiger charge is 1.96. The SMILES string of the molecule is Cc1cc(N)ncc1C=CCC(=O)O. The van der Waals surface area contributed by atoms with Crippen LogP contribution in [0, 0.1) is 6.92 Å². The second-order valence-corrected chi connectivity index (χ2v) is 2.97. The van der Waals surface area contributed by atoms with E-state index in [1.54, 1.807) is 24.4 Å². The van der Waals surface area contributed by atoms with Crippen LogP contribution in [0.3, 0.4) is 0 Å². The largest absolute Gasteiger partial charge is 0.481 e. The van der Waals surface area contributed by atoms with Crippen molar-refractivity contribution in [3.63, 3.8) is 0 Å². The lowest BCUT2D eigenvalue weighted by Gasteiger charge is -1.99. The Balaban J connectivity index is 2.76. The summed E-state index contributed by atoms with van der Waals surface area (Å²) < 4.78 is 0. The van der Waals surface area contributed by atoms with E-state index in [1.165, 1.54) is 0 Å². The number of aromatic nitrogens is 1. The number of nitrogens with two attached hydrogens (primary N) is 1. The van der Waals surface area contributed by atoms with Crippen molar-refractivity contribution in [2.24, 2.45) is 0 Å². The van der Waals surface area contributed by atoms with E-state index in [0.717, 1.165) is 11.1 Å². The molecule has 4 nitrogen and oxygen atoms in total. The minimum Gasteiger partial charge on any atom is -0.481 e. The Bertz CT molecular complexity index is 372. The molecule has 0 aliphatic rings. The summed E-state index contributed by atoms with van der Waals surface area (Å²) in [6.45, 7) is 1.90. The molecule has 0 atom stereocenters. The summed E-state index contributed by atoms with van der Waals surface area (Å²) in [7, 11) is 0. The number of aliphatic carboxylic acids is 1.